The Morgan fingerprint density at radius 1 is 1.25 bits per heavy atom. The highest BCUT2D eigenvalue weighted by Gasteiger charge is 2.35. The van der Waals surface area contributed by atoms with Gasteiger partial charge in [-0.25, -0.2) is 8.42 Å². The van der Waals surface area contributed by atoms with E-state index in [0.717, 1.165) is 12.8 Å². The number of benzene rings is 1. The minimum atomic E-state index is -3.66. The van der Waals surface area contributed by atoms with E-state index in [2.05, 4.69) is 22.9 Å². The lowest BCUT2D eigenvalue weighted by atomic mass is 9.95. The molecule has 3 nitrogen and oxygen atoms in total. The van der Waals surface area contributed by atoms with E-state index in [9.17, 15) is 8.42 Å². The molecule has 1 aliphatic rings. The van der Waals surface area contributed by atoms with Gasteiger partial charge in [-0.1, -0.05) is 46.1 Å². The summed E-state index contributed by atoms with van der Waals surface area (Å²) >= 11 is 15.4. The number of hydrogen-bond donors (Lipinski definition) is 0. The molecule has 1 saturated heterocycles. The second-order valence-electron chi connectivity index (χ2n) is 5.29. The standard InChI is InChI=1S/C13H16BrCl2NO2S/c1-8-3-4-17(9(2)5-8)20(18,19)13-11(15)6-10(14)7-12(13)16/h6-9H,3-5H2,1-2H3. The molecule has 0 radical (unpaired) electrons. The van der Waals surface area contributed by atoms with Crippen molar-refractivity contribution >= 4 is 49.2 Å². The molecule has 2 unspecified atom stereocenters. The van der Waals surface area contributed by atoms with Crippen LogP contribution in [-0.2, 0) is 10.0 Å². The van der Waals surface area contributed by atoms with Crippen molar-refractivity contribution in [3.63, 3.8) is 0 Å². The summed E-state index contributed by atoms with van der Waals surface area (Å²) in [7, 11) is -3.66. The summed E-state index contributed by atoms with van der Waals surface area (Å²) in [5.41, 5.74) is 0. The molecule has 1 aromatic carbocycles. The van der Waals surface area contributed by atoms with Crippen LogP contribution in [0.15, 0.2) is 21.5 Å². The summed E-state index contributed by atoms with van der Waals surface area (Å²) in [6.07, 6.45) is 1.71. The van der Waals surface area contributed by atoms with Gasteiger partial charge in [0, 0.05) is 17.1 Å². The Kier molecular flexibility index (Phi) is 5.07. The summed E-state index contributed by atoms with van der Waals surface area (Å²) < 4.78 is 27.8. The van der Waals surface area contributed by atoms with Gasteiger partial charge in [-0.2, -0.15) is 4.31 Å². The molecule has 0 aromatic heterocycles. The average molecular weight is 401 g/mol. The minimum absolute atomic E-state index is 0.00503. The summed E-state index contributed by atoms with van der Waals surface area (Å²) in [6.45, 7) is 4.57. The Morgan fingerprint density at radius 2 is 1.80 bits per heavy atom. The highest BCUT2D eigenvalue weighted by atomic mass is 79.9. The predicted octanol–water partition coefficient (Wildman–Crippen LogP) is 4.57. The second-order valence-corrected chi connectivity index (χ2v) is 8.85. The zero-order chi connectivity index (χ0) is 15.1. The maximum Gasteiger partial charge on any atom is 0.246 e. The SMILES string of the molecule is CC1CCN(S(=O)(=O)c2c(Cl)cc(Br)cc2Cl)C(C)C1. The largest absolute Gasteiger partial charge is 0.246 e. The van der Waals surface area contributed by atoms with Crippen molar-refractivity contribution in [1.29, 1.82) is 0 Å². The van der Waals surface area contributed by atoms with Crippen LogP contribution in [0.4, 0.5) is 0 Å². The van der Waals surface area contributed by atoms with Crippen LogP contribution in [-0.4, -0.2) is 25.3 Å². The second kappa shape index (κ2) is 6.13. The normalized spacial score (nSPS) is 24.9. The van der Waals surface area contributed by atoms with Crippen molar-refractivity contribution in [1.82, 2.24) is 4.31 Å². The zero-order valence-electron chi connectivity index (χ0n) is 11.2. The maximum absolute atomic E-state index is 12.8. The van der Waals surface area contributed by atoms with E-state index in [4.69, 9.17) is 23.2 Å². The molecular formula is C13H16BrCl2NO2S. The monoisotopic (exact) mass is 399 g/mol. The average Bonchev–Trinajstić information content (AvgIpc) is 2.25. The molecule has 7 heteroatoms. The van der Waals surface area contributed by atoms with Crippen LogP contribution < -0.4 is 0 Å². The topological polar surface area (TPSA) is 37.4 Å². The number of hydrogen-bond acceptors (Lipinski definition) is 2. The fraction of sp³-hybridized carbons (Fsp3) is 0.538. The molecular weight excluding hydrogens is 385 g/mol. The van der Waals surface area contributed by atoms with Gasteiger partial charge < -0.3 is 0 Å². The molecule has 1 aromatic rings. The van der Waals surface area contributed by atoms with Gasteiger partial charge in [-0.15, -0.1) is 0 Å². The Hall–Kier alpha value is 0.190. The van der Waals surface area contributed by atoms with Crippen LogP contribution in [0, 0.1) is 5.92 Å². The van der Waals surface area contributed by atoms with Crippen LogP contribution >= 0.6 is 39.1 Å². The molecule has 2 rings (SSSR count). The van der Waals surface area contributed by atoms with E-state index >= 15 is 0 Å². The van der Waals surface area contributed by atoms with Gasteiger partial charge in [0.15, 0.2) is 0 Å². The van der Waals surface area contributed by atoms with Crippen LogP contribution in [0.5, 0.6) is 0 Å². The quantitative estimate of drug-likeness (QED) is 0.729. The van der Waals surface area contributed by atoms with Crippen molar-refractivity contribution in [3.8, 4) is 0 Å². The molecule has 0 saturated carbocycles. The van der Waals surface area contributed by atoms with Crippen molar-refractivity contribution in [3.05, 3.63) is 26.7 Å². The first-order valence-electron chi connectivity index (χ1n) is 6.40. The lowest BCUT2D eigenvalue weighted by Gasteiger charge is -2.35. The smallest absolute Gasteiger partial charge is 0.207 e. The molecule has 0 amide bonds. The number of piperidine rings is 1. The van der Waals surface area contributed by atoms with Crippen molar-refractivity contribution in [2.45, 2.75) is 37.6 Å². The Balaban J connectivity index is 2.46. The first-order chi connectivity index (χ1) is 9.23. The Bertz CT molecular complexity index is 598. The summed E-state index contributed by atoms with van der Waals surface area (Å²) in [5.74, 6) is 0.535. The number of rotatable bonds is 2. The van der Waals surface area contributed by atoms with E-state index in [0.29, 0.717) is 16.9 Å². The van der Waals surface area contributed by atoms with E-state index in [1.807, 2.05) is 6.92 Å². The van der Waals surface area contributed by atoms with E-state index in [1.165, 1.54) is 4.31 Å². The number of halogens is 3. The van der Waals surface area contributed by atoms with E-state index in [1.54, 1.807) is 12.1 Å². The minimum Gasteiger partial charge on any atom is -0.207 e. The first-order valence-corrected chi connectivity index (χ1v) is 9.38. The first kappa shape index (κ1) is 16.6. The molecule has 0 N–H and O–H groups in total. The van der Waals surface area contributed by atoms with Crippen LogP contribution in [0.2, 0.25) is 10.0 Å². The number of sulfonamides is 1. The molecule has 0 bridgehead atoms. The maximum atomic E-state index is 12.8. The van der Waals surface area contributed by atoms with Crippen molar-refractivity contribution in [2.24, 2.45) is 5.92 Å². The molecule has 0 spiro atoms. The van der Waals surface area contributed by atoms with E-state index in [-0.39, 0.29) is 21.0 Å². The summed E-state index contributed by atoms with van der Waals surface area (Å²) in [5, 5.41) is 0.297. The molecule has 1 heterocycles. The third-order valence-electron chi connectivity index (χ3n) is 3.61. The Labute approximate surface area is 138 Å². The van der Waals surface area contributed by atoms with Gasteiger partial charge in [-0.3, -0.25) is 0 Å². The fourth-order valence-electron chi connectivity index (χ4n) is 2.64. The van der Waals surface area contributed by atoms with Gasteiger partial charge in [0.2, 0.25) is 10.0 Å². The van der Waals surface area contributed by atoms with Crippen molar-refractivity contribution < 1.29 is 8.42 Å². The highest BCUT2D eigenvalue weighted by Crippen LogP contribution is 2.37. The Morgan fingerprint density at radius 3 is 2.30 bits per heavy atom. The molecule has 0 aliphatic carbocycles. The van der Waals surface area contributed by atoms with E-state index < -0.39 is 10.0 Å². The van der Waals surface area contributed by atoms with Gasteiger partial charge in [0.25, 0.3) is 0 Å². The predicted molar refractivity (Wildman–Crippen MR) is 85.9 cm³/mol. The molecule has 1 fully saturated rings. The molecule has 20 heavy (non-hydrogen) atoms. The molecule has 2 atom stereocenters. The third kappa shape index (κ3) is 3.17. The zero-order valence-corrected chi connectivity index (χ0v) is 15.2. The third-order valence-corrected chi connectivity index (χ3v) is 7.00. The summed E-state index contributed by atoms with van der Waals surface area (Å²) in [6, 6.07) is 3.06. The summed E-state index contributed by atoms with van der Waals surface area (Å²) in [4.78, 5) is 0.00503. The van der Waals surface area contributed by atoms with Gasteiger partial charge in [-0.05, 0) is 37.8 Å². The van der Waals surface area contributed by atoms with Gasteiger partial charge in [0.05, 0.1) is 10.0 Å². The molecule has 1 aliphatic heterocycles. The van der Waals surface area contributed by atoms with Crippen molar-refractivity contribution in [2.75, 3.05) is 6.54 Å². The van der Waals surface area contributed by atoms with Gasteiger partial charge in [0.1, 0.15) is 4.90 Å². The van der Waals surface area contributed by atoms with Gasteiger partial charge >= 0.3 is 0 Å². The fourth-order valence-corrected chi connectivity index (χ4v) is 6.18. The lowest BCUT2D eigenvalue weighted by molar-refractivity contribution is 0.220. The number of nitrogens with zero attached hydrogens (tertiary/aromatic N) is 1. The van der Waals surface area contributed by atoms with Crippen LogP contribution in [0.25, 0.3) is 0 Å². The van der Waals surface area contributed by atoms with Crippen LogP contribution in [0.3, 0.4) is 0 Å². The highest BCUT2D eigenvalue weighted by molar-refractivity contribution is 9.10. The lowest BCUT2D eigenvalue weighted by Crippen LogP contribution is -2.44. The van der Waals surface area contributed by atoms with Crippen LogP contribution in [0.1, 0.15) is 26.7 Å². The molecule has 112 valence electrons.